The standard InChI is InChI=1S/C16H22N2O5S/c1-11-6-7-12(16(20)23-2)9-14(11)17-15(19)13-5-4-8-18(10-13)24(3,21)22/h6-7,9,13H,4-5,8,10H2,1-3H3,(H,17,19). The van der Waals surface area contributed by atoms with Crippen LogP contribution in [0.2, 0.25) is 0 Å². The van der Waals surface area contributed by atoms with Gasteiger partial charge in [0.05, 0.1) is 24.8 Å². The van der Waals surface area contributed by atoms with E-state index in [0.29, 0.717) is 30.6 Å². The number of carbonyl (C=O) groups excluding carboxylic acids is 2. The molecule has 1 unspecified atom stereocenters. The van der Waals surface area contributed by atoms with E-state index in [1.807, 2.05) is 6.92 Å². The number of esters is 1. The van der Waals surface area contributed by atoms with Crippen LogP contribution in [0.4, 0.5) is 5.69 Å². The molecule has 7 nitrogen and oxygen atoms in total. The van der Waals surface area contributed by atoms with Gasteiger partial charge in [-0.1, -0.05) is 6.07 Å². The number of amides is 1. The molecule has 0 aromatic heterocycles. The van der Waals surface area contributed by atoms with Crippen LogP contribution in [-0.2, 0) is 19.6 Å². The fourth-order valence-corrected chi connectivity index (χ4v) is 3.61. The van der Waals surface area contributed by atoms with E-state index in [1.165, 1.54) is 11.4 Å². The first kappa shape index (κ1) is 18.4. The number of benzene rings is 1. The minimum Gasteiger partial charge on any atom is -0.465 e. The highest BCUT2D eigenvalue weighted by Crippen LogP contribution is 2.23. The molecule has 8 heteroatoms. The maximum Gasteiger partial charge on any atom is 0.337 e. The van der Waals surface area contributed by atoms with Crippen LogP contribution in [0.5, 0.6) is 0 Å². The SMILES string of the molecule is COC(=O)c1ccc(C)c(NC(=O)C2CCCN(S(C)(=O)=O)C2)c1. The van der Waals surface area contributed by atoms with Crippen molar-refractivity contribution in [3.63, 3.8) is 0 Å². The number of hydrogen-bond donors (Lipinski definition) is 1. The first-order valence-corrected chi connectivity index (χ1v) is 9.52. The van der Waals surface area contributed by atoms with Gasteiger partial charge in [0.25, 0.3) is 0 Å². The topological polar surface area (TPSA) is 92.8 Å². The zero-order valence-electron chi connectivity index (χ0n) is 14.0. The largest absolute Gasteiger partial charge is 0.465 e. The third-order valence-corrected chi connectivity index (χ3v) is 5.41. The van der Waals surface area contributed by atoms with Crippen molar-refractivity contribution in [3.8, 4) is 0 Å². The highest BCUT2D eigenvalue weighted by Gasteiger charge is 2.30. The van der Waals surface area contributed by atoms with E-state index in [2.05, 4.69) is 10.1 Å². The summed E-state index contributed by atoms with van der Waals surface area (Å²) < 4.78 is 29.3. The number of hydrogen-bond acceptors (Lipinski definition) is 5. The molecule has 1 aromatic carbocycles. The summed E-state index contributed by atoms with van der Waals surface area (Å²) in [5.74, 6) is -1.13. The van der Waals surface area contributed by atoms with E-state index in [4.69, 9.17) is 0 Å². The lowest BCUT2D eigenvalue weighted by Gasteiger charge is -2.30. The average Bonchev–Trinajstić information content (AvgIpc) is 2.55. The Morgan fingerprint density at radius 2 is 2.04 bits per heavy atom. The number of piperidine rings is 1. The number of ether oxygens (including phenoxy) is 1. The number of nitrogens with one attached hydrogen (secondary N) is 1. The maximum atomic E-state index is 12.5. The molecule has 0 saturated carbocycles. The molecule has 0 radical (unpaired) electrons. The van der Waals surface area contributed by atoms with E-state index in [-0.39, 0.29) is 12.5 Å². The van der Waals surface area contributed by atoms with Crippen LogP contribution in [0.25, 0.3) is 0 Å². The van der Waals surface area contributed by atoms with Gasteiger partial charge in [-0.2, -0.15) is 0 Å². The van der Waals surface area contributed by atoms with Crippen LogP contribution >= 0.6 is 0 Å². The van der Waals surface area contributed by atoms with Crippen LogP contribution in [0, 0.1) is 12.8 Å². The van der Waals surface area contributed by atoms with Gasteiger partial charge in [0.15, 0.2) is 0 Å². The van der Waals surface area contributed by atoms with Crippen molar-refractivity contribution in [1.82, 2.24) is 4.31 Å². The van der Waals surface area contributed by atoms with Gasteiger partial charge in [0.2, 0.25) is 15.9 Å². The van der Waals surface area contributed by atoms with Crippen LogP contribution in [0.1, 0.15) is 28.8 Å². The van der Waals surface area contributed by atoms with E-state index >= 15 is 0 Å². The molecule has 132 valence electrons. The Morgan fingerprint density at radius 1 is 1.33 bits per heavy atom. The van der Waals surface area contributed by atoms with Crippen molar-refractivity contribution in [2.75, 3.05) is 31.8 Å². The smallest absolute Gasteiger partial charge is 0.337 e. The van der Waals surface area contributed by atoms with Crippen molar-refractivity contribution in [3.05, 3.63) is 29.3 Å². The molecule has 1 aromatic rings. The lowest BCUT2D eigenvalue weighted by atomic mass is 9.98. The minimum atomic E-state index is -3.30. The van der Waals surface area contributed by atoms with Gasteiger partial charge in [0.1, 0.15) is 0 Å². The fraction of sp³-hybridized carbons (Fsp3) is 0.500. The van der Waals surface area contributed by atoms with Gasteiger partial charge >= 0.3 is 5.97 Å². The molecule has 1 aliphatic heterocycles. The highest BCUT2D eigenvalue weighted by molar-refractivity contribution is 7.88. The van der Waals surface area contributed by atoms with E-state index in [0.717, 1.165) is 11.8 Å². The summed E-state index contributed by atoms with van der Waals surface area (Å²) in [6, 6.07) is 4.92. The lowest BCUT2D eigenvalue weighted by molar-refractivity contribution is -0.120. The molecule has 0 aliphatic carbocycles. The molecule has 1 aliphatic rings. The molecule has 0 spiro atoms. The molecule has 0 bridgehead atoms. The summed E-state index contributed by atoms with van der Waals surface area (Å²) in [4.78, 5) is 24.1. The van der Waals surface area contributed by atoms with Gasteiger partial charge < -0.3 is 10.1 Å². The highest BCUT2D eigenvalue weighted by atomic mass is 32.2. The van der Waals surface area contributed by atoms with Crippen molar-refractivity contribution < 1.29 is 22.7 Å². The molecular formula is C16H22N2O5S. The molecule has 2 rings (SSSR count). The van der Waals surface area contributed by atoms with Crippen molar-refractivity contribution >= 4 is 27.6 Å². The summed E-state index contributed by atoms with van der Waals surface area (Å²) in [6.07, 6.45) is 2.43. The summed E-state index contributed by atoms with van der Waals surface area (Å²) in [6.45, 7) is 2.44. The second-order valence-electron chi connectivity index (χ2n) is 5.97. The molecule has 1 N–H and O–H groups in total. The van der Waals surface area contributed by atoms with Crippen LogP contribution in [0.15, 0.2) is 18.2 Å². The number of methoxy groups -OCH3 is 1. The number of aryl methyl sites for hydroxylation is 1. The molecule has 1 fully saturated rings. The summed E-state index contributed by atoms with van der Waals surface area (Å²) in [5, 5.41) is 2.80. The van der Waals surface area contributed by atoms with Crippen LogP contribution in [-0.4, -0.2) is 51.1 Å². The zero-order valence-corrected chi connectivity index (χ0v) is 14.9. The van der Waals surface area contributed by atoms with Crippen molar-refractivity contribution in [1.29, 1.82) is 0 Å². The normalized spacial score (nSPS) is 18.9. The van der Waals surface area contributed by atoms with E-state index in [9.17, 15) is 18.0 Å². The molecule has 1 amide bonds. The Labute approximate surface area is 142 Å². The number of carbonyl (C=O) groups is 2. The van der Waals surface area contributed by atoms with Gasteiger partial charge in [-0.25, -0.2) is 17.5 Å². The van der Waals surface area contributed by atoms with Gasteiger partial charge in [0, 0.05) is 18.8 Å². The van der Waals surface area contributed by atoms with Crippen LogP contribution in [0.3, 0.4) is 0 Å². The minimum absolute atomic E-state index is 0.181. The zero-order chi connectivity index (χ0) is 17.9. The van der Waals surface area contributed by atoms with Gasteiger partial charge in [-0.05, 0) is 37.5 Å². The Balaban J connectivity index is 2.13. The predicted molar refractivity (Wildman–Crippen MR) is 90.3 cm³/mol. The van der Waals surface area contributed by atoms with Gasteiger partial charge in [-0.3, -0.25) is 4.79 Å². The first-order valence-electron chi connectivity index (χ1n) is 7.67. The van der Waals surface area contributed by atoms with E-state index < -0.39 is 21.9 Å². The number of rotatable bonds is 4. The second-order valence-corrected chi connectivity index (χ2v) is 7.95. The molecule has 1 atom stereocenters. The quantitative estimate of drug-likeness (QED) is 0.825. The second kappa shape index (κ2) is 7.31. The monoisotopic (exact) mass is 354 g/mol. The fourth-order valence-electron chi connectivity index (χ4n) is 2.69. The number of anilines is 1. The van der Waals surface area contributed by atoms with Gasteiger partial charge in [-0.15, -0.1) is 0 Å². The van der Waals surface area contributed by atoms with Crippen molar-refractivity contribution in [2.24, 2.45) is 5.92 Å². The molecule has 24 heavy (non-hydrogen) atoms. The van der Waals surface area contributed by atoms with E-state index in [1.54, 1.807) is 18.2 Å². The third kappa shape index (κ3) is 4.33. The Morgan fingerprint density at radius 3 is 2.67 bits per heavy atom. The third-order valence-electron chi connectivity index (χ3n) is 4.14. The average molecular weight is 354 g/mol. The summed E-state index contributed by atoms with van der Waals surface area (Å²) >= 11 is 0. The summed E-state index contributed by atoms with van der Waals surface area (Å²) in [7, 11) is -2.01. The Bertz CT molecular complexity index is 745. The predicted octanol–water partition coefficient (Wildman–Crippen LogP) is 1.39. The first-order chi connectivity index (χ1) is 11.2. The number of nitrogens with zero attached hydrogens (tertiary/aromatic N) is 1. The molecular weight excluding hydrogens is 332 g/mol. The summed E-state index contributed by atoms with van der Waals surface area (Å²) in [5.41, 5.74) is 1.69. The molecule has 1 heterocycles. The maximum absolute atomic E-state index is 12.5. The van der Waals surface area contributed by atoms with Crippen molar-refractivity contribution in [2.45, 2.75) is 19.8 Å². The van der Waals surface area contributed by atoms with Crippen LogP contribution < -0.4 is 5.32 Å². The Hall–Kier alpha value is -1.93. The lowest BCUT2D eigenvalue weighted by Crippen LogP contribution is -2.43. The Kier molecular flexibility index (Phi) is 5.61. The molecule has 1 saturated heterocycles. The number of sulfonamides is 1.